The van der Waals surface area contributed by atoms with E-state index in [4.69, 9.17) is 11.6 Å². The van der Waals surface area contributed by atoms with Crippen molar-refractivity contribution >= 4 is 40.0 Å². The summed E-state index contributed by atoms with van der Waals surface area (Å²) in [7, 11) is 1.73. The molecule has 26 heavy (non-hydrogen) atoms. The molecule has 0 spiro atoms. The molecule has 3 rings (SSSR count). The van der Waals surface area contributed by atoms with Crippen molar-refractivity contribution in [2.75, 3.05) is 18.9 Å². The first-order chi connectivity index (χ1) is 12.5. The zero-order valence-electron chi connectivity index (χ0n) is 14.7. The van der Waals surface area contributed by atoms with Gasteiger partial charge in [0.1, 0.15) is 5.69 Å². The van der Waals surface area contributed by atoms with E-state index >= 15 is 0 Å². The molecule has 2 N–H and O–H groups in total. The molecule has 3 aromatic rings. The number of aromatic nitrogens is 1. The van der Waals surface area contributed by atoms with Gasteiger partial charge in [-0.3, -0.25) is 4.79 Å². The average Bonchev–Trinajstić information content (AvgIpc) is 2.99. The fourth-order valence-electron chi connectivity index (χ4n) is 2.84. The number of fused-ring (bicyclic) bond motifs is 1. The van der Waals surface area contributed by atoms with E-state index in [1.165, 1.54) is 0 Å². The molecule has 6 heteroatoms. The number of rotatable bonds is 5. The molecule has 0 radical (unpaired) electrons. The fourth-order valence-corrected chi connectivity index (χ4v) is 3.02. The molecule has 0 aliphatic rings. The largest absolute Gasteiger partial charge is 0.350 e. The van der Waals surface area contributed by atoms with Crippen LogP contribution in [0.3, 0.4) is 0 Å². The summed E-state index contributed by atoms with van der Waals surface area (Å²) in [4.78, 5) is 30.2. The number of amides is 2. The van der Waals surface area contributed by atoms with Crippen molar-refractivity contribution in [2.24, 2.45) is 0 Å². The van der Waals surface area contributed by atoms with Crippen LogP contribution in [0, 0.1) is 0 Å². The van der Waals surface area contributed by atoms with Gasteiger partial charge in [0.25, 0.3) is 0 Å². The van der Waals surface area contributed by atoms with Crippen LogP contribution in [0.25, 0.3) is 10.9 Å². The SMILES string of the molecule is CCCN(C)C(=O)Nc1c(C(=O)c2ccccc2)[nH]c2cc(Cl)ccc12. The highest BCUT2D eigenvalue weighted by Gasteiger charge is 2.22. The van der Waals surface area contributed by atoms with E-state index < -0.39 is 0 Å². The van der Waals surface area contributed by atoms with Crippen molar-refractivity contribution in [1.29, 1.82) is 0 Å². The molecule has 0 saturated carbocycles. The third kappa shape index (κ3) is 3.58. The summed E-state index contributed by atoms with van der Waals surface area (Å²) in [5, 5.41) is 4.18. The van der Waals surface area contributed by atoms with Crippen molar-refractivity contribution < 1.29 is 9.59 Å². The molecular weight excluding hydrogens is 350 g/mol. The summed E-state index contributed by atoms with van der Waals surface area (Å²) in [5.74, 6) is -0.189. The number of benzene rings is 2. The van der Waals surface area contributed by atoms with Crippen LogP contribution in [0.2, 0.25) is 5.02 Å². The number of halogens is 1. The Morgan fingerprint density at radius 2 is 1.88 bits per heavy atom. The van der Waals surface area contributed by atoms with Gasteiger partial charge in [-0.2, -0.15) is 0 Å². The normalized spacial score (nSPS) is 10.7. The second-order valence-electron chi connectivity index (χ2n) is 6.11. The zero-order valence-corrected chi connectivity index (χ0v) is 15.4. The van der Waals surface area contributed by atoms with E-state index in [1.807, 2.05) is 13.0 Å². The van der Waals surface area contributed by atoms with Gasteiger partial charge in [-0.25, -0.2) is 4.79 Å². The molecule has 2 amide bonds. The smallest absolute Gasteiger partial charge is 0.321 e. The number of nitrogens with one attached hydrogen (secondary N) is 2. The molecule has 0 aliphatic heterocycles. The van der Waals surface area contributed by atoms with Crippen LogP contribution in [0.5, 0.6) is 0 Å². The monoisotopic (exact) mass is 369 g/mol. The number of anilines is 1. The number of urea groups is 1. The van der Waals surface area contributed by atoms with Crippen molar-refractivity contribution in [2.45, 2.75) is 13.3 Å². The van der Waals surface area contributed by atoms with Crippen molar-refractivity contribution in [3.05, 3.63) is 64.8 Å². The van der Waals surface area contributed by atoms with Gasteiger partial charge >= 0.3 is 6.03 Å². The number of nitrogens with zero attached hydrogens (tertiary/aromatic N) is 1. The van der Waals surface area contributed by atoms with Gasteiger partial charge in [-0.05, 0) is 24.6 Å². The molecule has 134 valence electrons. The molecule has 1 heterocycles. The molecule has 0 fully saturated rings. The standard InChI is InChI=1S/C20H20ClN3O2/c1-3-11-24(2)20(26)23-17-15-10-9-14(21)12-16(15)22-18(17)19(25)13-7-5-4-6-8-13/h4-10,12,22H,3,11H2,1-2H3,(H,23,26). The van der Waals surface area contributed by atoms with Crippen LogP contribution in [-0.2, 0) is 0 Å². The number of ketones is 1. The number of H-pyrrole nitrogens is 1. The first-order valence-electron chi connectivity index (χ1n) is 8.44. The highest BCUT2D eigenvalue weighted by atomic mass is 35.5. The molecule has 0 saturated heterocycles. The Kier molecular flexibility index (Phi) is 5.28. The van der Waals surface area contributed by atoms with E-state index in [2.05, 4.69) is 10.3 Å². The summed E-state index contributed by atoms with van der Waals surface area (Å²) >= 11 is 6.07. The lowest BCUT2D eigenvalue weighted by molar-refractivity contribution is 0.103. The maximum Gasteiger partial charge on any atom is 0.321 e. The minimum atomic E-state index is -0.259. The van der Waals surface area contributed by atoms with Gasteiger partial charge < -0.3 is 15.2 Å². The van der Waals surface area contributed by atoms with Crippen LogP contribution in [0.4, 0.5) is 10.5 Å². The van der Waals surface area contributed by atoms with Gasteiger partial charge in [-0.15, -0.1) is 0 Å². The highest BCUT2D eigenvalue weighted by molar-refractivity contribution is 6.31. The lowest BCUT2D eigenvalue weighted by Crippen LogP contribution is -2.32. The Labute approximate surface area is 157 Å². The summed E-state index contributed by atoms with van der Waals surface area (Å²) in [6.45, 7) is 2.63. The Bertz CT molecular complexity index is 950. The average molecular weight is 370 g/mol. The van der Waals surface area contributed by atoms with Gasteiger partial charge in [0, 0.05) is 35.1 Å². The molecule has 0 atom stereocenters. The molecule has 0 aliphatic carbocycles. The molecule has 2 aromatic carbocycles. The number of carbonyl (C=O) groups is 2. The zero-order chi connectivity index (χ0) is 18.7. The van der Waals surface area contributed by atoms with E-state index in [9.17, 15) is 9.59 Å². The van der Waals surface area contributed by atoms with Crippen LogP contribution >= 0.6 is 11.6 Å². The summed E-state index contributed by atoms with van der Waals surface area (Å²) in [6.07, 6.45) is 0.850. The third-order valence-electron chi connectivity index (χ3n) is 4.16. The lowest BCUT2D eigenvalue weighted by atomic mass is 10.1. The van der Waals surface area contributed by atoms with Crippen molar-refractivity contribution in [1.82, 2.24) is 9.88 Å². The summed E-state index contributed by atoms with van der Waals surface area (Å²) in [6, 6.07) is 14.0. The second-order valence-corrected chi connectivity index (χ2v) is 6.55. The molecule has 0 bridgehead atoms. The topological polar surface area (TPSA) is 65.2 Å². The highest BCUT2D eigenvalue weighted by Crippen LogP contribution is 2.31. The molecule has 5 nitrogen and oxygen atoms in total. The van der Waals surface area contributed by atoms with Crippen molar-refractivity contribution in [3.63, 3.8) is 0 Å². The quantitative estimate of drug-likeness (QED) is 0.626. The Morgan fingerprint density at radius 1 is 1.15 bits per heavy atom. The van der Waals surface area contributed by atoms with E-state index in [1.54, 1.807) is 54.4 Å². The molecule has 0 unspecified atom stereocenters. The number of hydrogen-bond acceptors (Lipinski definition) is 2. The Balaban J connectivity index is 2.07. The minimum absolute atomic E-state index is 0.189. The Hall–Kier alpha value is -2.79. The van der Waals surface area contributed by atoms with Crippen LogP contribution in [0.15, 0.2) is 48.5 Å². The number of carbonyl (C=O) groups excluding carboxylic acids is 2. The fraction of sp³-hybridized carbons (Fsp3) is 0.200. The first kappa shape index (κ1) is 18.0. The predicted molar refractivity (Wildman–Crippen MR) is 105 cm³/mol. The van der Waals surface area contributed by atoms with Gasteiger partial charge in [0.15, 0.2) is 0 Å². The summed E-state index contributed by atoms with van der Waals surface area (Å²) in [5.41, 5.74) is 2.05. The second kappa shape index (κ2) is 7.62. The molecule has 1 aromatic heterocycles. The number of hydrogen-bond donors (Lipinski definition) is 2. The van der Waals surface area contributed by atoms with Crippen LogP contribution in [-0.4, -0.2) is 35.3 Å². The van der Waals surface area contributed by atoms with Gasteiger partial charge in [0.2, 0.25) is 5.78 Å². The molecular formula is C20H20ClN3O2. The van der Waals surface area contributed by atoms with E-state index in [-0.39, 0.29) is 11.8 Å². The van der Waals surface area contributed by atoms with E-state index in [0.717, 1.165) is 11.8 Å². The third-order valence-corrected chi connectivity index (χ3v) is 4.40. The maximum absolute atomic E-state index is 13.0. The maximum atomic E-state index is 13.0. The minimum Gasteiger partial charge on any atom is -0.350 e. The van der Waals surface area contributed by atoms with Crippen LogP contribution < -0.4 is 5.32 Å². The Morgan fingerprint density at radius 3 is 2.58 bits per heavy atom. The summed E-state index contributed by atoms with van der Waals surface area (Å²) < 4.78 is 0. The first-order valence-corrected chi connectivity index (χ1v) is 8.82. The van der Waals surface area contributed by atoms with Gasteiger partial charge in [0.05, 0.1) is 5.69 Å². The lowest BCUT2D eigenvalue weighted by Gasteiger charge is -2.17. The predicted octanol–water partition coefficient (Wildman–Crippen LogP) is 4.93. The van der Waals surface area contributed by atoms with Crippen molar-refractivity contribution in [3.8, 4) is 0 Å². The van der Waals surface area contributed by atoms with Gasteiger partial charge in [-0.1, -0.05) is 48.9 Å². The number of aromatic amines is 1. The van der Waals surface area contributed by atoms with E-state index in [0.29, 0.717) is 34.0 Å². The van der Waals surface area contributed by atoms with Crippen LogP contribution in [0.1, 0.15) is 29.4 Å².